The third-order valence-electron chi connectivity index (χ3n) is 3.24. The van der Waals surface area contributed by atoms with Crippen molar-refractivity contribution in [1.29, 1.82) is 0 Å². The average Bonchev–Trinajstić information content (AvgIpc) is 2.55. The number of aliphatic carboxylic acids is 1. The van der Waals surface area contributed by atoms with Gasteiger partial charge in [-0.2, -0.15) is 11.8 Å². The third kappa shape index (κ3) is 8.70. The Hall–Kier alpha value is -1.85. The third-order valence-corrected chi connectivity index (χ3v) is 3.88. The average molecular weight is 378 g/mol. The molecule has 4 atom stereocenters. The summed E-state index contributed by atoms with van der Waals surface area (Å²) in [7, 11) is 0. The van der Waals surface area contributed by atoms with E-state index in [0.29, 0.717) is 5.75 Å². The Kier molecular flexibility index (Phi) is 10.8. The normalized spacial score (nSPS) is 15.4. The molecule has 0 radical (unpaired) electrons. The summed E-state index contributed by atoms with van der Waals surface area (Å²) in [4.78, 5) is 46.7. The van der Waals surface area contributed by atoms with Crippen molar-refractivity contribution < 1.29 is 29.4 Å². The summed E-state index contributed by atoms with van der Waals surface area (Å²) in [6.45, 7) is 2.25. The summed E-state index contributed by atoms with van der Waals surface area (Å²) in [5, 5.41) is 25.5. The van der Waals surface area contributed by atoms with Crippen LogP contribution in [0.4, 0.5) is 0 Å². The summed E-state index contributed by atoms with van der Waals surface area (Å²) in [6, 6.07) is -3.40. The van der Waals surface area contributed by atoms with Gasteiger partial charge in [-0.25, -0.2) is 0 Å². The Morgan fingerprint density at radius 1 is 1.08 bits per heavy atom. The zero-order valence-corrected chi connectivity index (χ0v) is 15.3. The maximum absolute atomic E-state index is 12.3. The van der Waals surface area contributed by atoms with Crippen molar-refractivity contribution in [2.75, 3.05) is 18.6 Å². The molecule has 0 aliphatic rings. The fourth-order valence-electron chi connectivity index (χ4n) is 1.78. The zero-order chi connectivity index (χ0) is 19.6. The van der Waals surface area contributed by atoms with E-state index in [0.717, 1.165) is 0 Å². The van der Waals surface area contributed by atoms with Crippen molar-refractivity contribution in [3.8, 4) is 0 Å². The highest BCUT2D eigenvalue weighted by atomic mass is 32.2. The Morgan fingerprint density at radius 3 is 2.12 bits per heavy atom. The number of hydrogen-bond acceptors (Lipinski definition) is 7. The second-order valence-electron chi connectivity index (χ2n) is 5.40. The molecular weight excluding hydrogens is 352 g/mol. The molecule has 144 valence electrons. The van der Waals surface area contributed by atoms with Crippen LogP contribution in [0, 0.1) is 0 Å². The van der Waals surface area contributed by atoms with Crippen LogP contribution in [0.2, 0.25) is 0 Å². The molecule has 0 aliphatic carbocycles. The van der Waals surface area contributed by atoms with Crippen LogP contribution in [0.25, 0.3) is 0 Å². The molecule has 0 spiro atoms. The molecule has 10 nitrogen and oxygen atoms in total. The maximum Gasteiger partial charge on any atom is 0.325 e. The number of carbonyl (C=O) groups is 4. The monoisotopic (exact) mass is 378 g/mol. The second-order valence-corrected chi connectivity index (χ2v) is 6.39. The molecule has 0 saturated heterocycles. The van der Waals surface area contributed by atoms with E-state index >= 15 is 0 Å². The van der Waals surface area contributed by atoms with Gasteiger partial charge in [0.1, 0.15) is 18.1 Å². The van der Waals surface area contributed by atoms with Crippen molar-refractivity contribution in [2.24, 2.45) is 5.73 Å². The Labute approximate surface area is 150 Å². The number of thioether (sulfide) groups is 1. The molecule has 0 aliphatic heterocycles. The predicted octanol–water partition coefficient (Wildman–Crippen LogP) is -2.36. The number of aliphatic hydroxyl groups is 1. The number of amides is 3. The fourth-order valence-corrected chi connectivity index (χ4v) is 2.25. The van der Waals surface area contributed by atoms with E-state index in [2.05, 4.69) is 16.0 Å². The first-order chi connectivity index (χ1) is 11.6. The van der Waals surface area contributed by atoms with E-state index in [4.69, 9.17) is 10.8 Å². The molecule has 0 rings (SSSR count). The fraction of sp³-hybridized carbons (Fsp3) is 0.714. The van der Waals surface area contributed by atoms with Gasteiger partial charge in [-0.05, 0) is 32.3 Å². The standard InChI is InChI=1S/C14H26N4O6S/c1-7(14(23)24)16-12(21)9(4-5-25-3)17-13(22)11(8(2)19)18-10(20)6-15/h7-9,11,19H,4-6,15H2,1-3H3,(H,16,21)(H,17,22)(H,18,20)(H,23,24). The molecule has 0 saturated carbocycles. The highest BCUT2D eigenvalue weighted by Gasteiger charge is 2.30. The van der Waals surface area contributed by atoms with Gasteiger partial charge in [0.05, 0.1) is 12.6 Å². The molecule has 25 heavy (non-hydrogen) atoms. The van der Waals surface area contributed by atoms with Crippen LogP contribution < -0.4 is 21.7 Å². The van der Waals surface area contributed by atoms with Gasteiger partial charge in [0.15, 0.2) is 0 Å². The minimum absolute atomic E-state index is 0.252. The van der Waals surface area contributed by atoms with Crippen LogP contribution >= 0.6 is 11.8 Å². The van der Waals surface area contributed by atoms with Crippen molar-refractivity contribution in [3.63, 3.8) is 0 Å². The van der Waals surface area contributed by atoms with Crippen molar-refractivity contribution in [3.05, 3.63) is 0 Å². The number of aliphatic hydroxyl groups excluding tert-OH is 1. The largest absolute Gasteiger partial charge is 0.480 e. The van der Waals surface area contributed by atoms with Crippen molar-refractivity contribution in [1.82, 2.24) is 16.0 Å². The molecule has 0 aromatic heterocycles. The van der Waals surface area contributed by atoms with E-state index in [1.807, 2.05) is 6.26 Å². The number of carboxylic acid groups (broad SMARTS) is 1. The van der Waals surface area contributed by atoms with Gasteiger partial charge in [0, 0.05) is 0 Å². The van der Waals surface area contributed by atoms with E-state index in [1.165, 1.54) is 25.6 Å². The lowest BCUT2D eigenvalue weighted by Crippen LogP contribution is -2.58. The number of carboxylic acids is 1. The van der Waals surface area contributed by atoms with Gasteiger partial charge >= 0.3 is 5.97 Å². The van der Waals surface area contributed by atoms with Crippen LogP contribution in [-0.4, -0.2) is 76.7 Å². The molecule has 3 amide bonds. The first kappa shape index (κ1) is 23.1. The predicted molar refractivity (Wildman–Crippen MR) is 92.8 cm³/mol. The summed E-state index contributed by atoms with van der Waals surface area (Å²) in [6.07, 6.45) is 0.858. The minimum atomic E-state index is -1.28. The molecule has 0 aromatic rings. The molecule has 0 bridgehead atoms. The highest BCUT2D eigenvalue weighted by molar-refractivity contribution is 7.98. The summed E-state index contributed by atoms with van der Waals surface area (Å²) in [5.74, 6) is -2.73. The zero-order valence-electron chi connectivity index (χ0n) is 14.4. The van der Waals surface area contributed by atoms with Crippen LogP contribution in [-0.2, 0) is 19.2 Å². The lowest BCUT2D eigenvalue weighted by molar-refractivity contribution is -0.141. The van der Waals surface area contributed by atoms with E-state index in [-0.39, 0.29) is 13.0 Å². The maximum atomic E-state index is 12.3. The lowest BCUT2D eigenvalue weighted by Gasteiger charge is -2.25. The molecule has 7 N–H and O–H groups in total. The Balaban J connectivity index is 5.07. The topological polar surface area (TPSA) is 171 Å². The van der Waals surface area contributed by atoms with Gasteiger partial charge in [0.2, 0.25) is 17.7 Å². The quantitative estimate of drug-likeness (QED) is 0.232. The van der Waals surface area contributed by atoms with Crippen LogP contribution in [0.15, 0.2) is 0 Å². The smallest absolute Gasteiger partial charge is 0.325 e. The van der Waals surface area contributed by atoms with Crippen LogP contribution in [0.3, 0.4) is 0 Å². The van der Waals surface area contributed by atoms with Crippen molar-refractivity contribution >= 4 is 35.5 Å². The number of rotatable bonds is 11. The second kappa shape index (κ2) is 11.7. The van der Waals surface area contributed by atoms with Gasteiger partial charge in [-0.1, -0.05) is 0 Å². The minimum Gasteiger partial charge on any atom is -0.480 e. The molecular formula is C14H26N4O6S. The molecule has 4 unspecified atom stereocenters. The van der Waals surface area contributed by atoms with Crippen molar-refractivity contribution in [2.45, 2.75) is 44.5 Å². The number of nitrogens with two attached hydrogens (primary N) is 1. The highest BCUT2D eigenvalue weighted by Crippen LogP contribution is 2.03. The van der Waals surface area contributed by atoms with E-state index < -0.39 is 47.9 Å². The molecule has 0 aromatic carbocycles. The molecule has 0 heterocycles. The summed E-state index contributed by atoms with van der Waals surface area (Å²) >= 11 is 1.45. The first-order valence-corrected chi connectivity index (χ1v) is 9.03. The lowest BCUT2D eigenvalue weighted by atomic mass is 10.1. The number of nitrogens with one attached hydrogen (secondary N) is 3. The number of carbonyl (C=O) groups excluding carboxylic acids is 3. The van der Waals surface area contributed by atoms with Crippen LogP contribution in [0.5, 0.6) is 0 Å². The van der Waals surface area contributed by atoms with Crippen LogP contribution in [0.1, 0.15) is 20.3 Å². The van der Waals surface area contributed by atoms with Gasteiger partial charge < -0.3 is 31.9 Å². The SMILES string of the molecule is CSCCC(NC(=O)C(NC(=O)CN)C(C)O)C(=O)NC(C)C(=O)O. The first-order valence-electron chi connectivity index (χ1n) is 7.64. The van der Waals surface area contributed by atoms with Gasteiger partial charge in [-0.15, -0.1) is 0 Å². The molecule has 0 fully saturated rings. The number of hydrogen-bond donors (Lipinski definition) is 6. The van der Waals surface area contributed by atoms with E-state index in [1.54, 1.807) is 0 Å². The Bertz CT molecular complexity index is 488. The van der Waals surface area contributed by atoms with Gasteiger partial charge in [-0.3, -0.25) is 19.2 Å². The Morgan fingerprint density at radius 2 is 1.68 bits per heavy atom. The molecule has 11 heteroatoms. The van der Waals surface area contributed by atoms with E-state index in [9.17, 15) is 24.3 Å². The summed E-state index contributed by atoms with van der Waals surface area (Å²) in [5.41, 5.74) is 5.17. The summed E-state index contributed by atoms with van der Waals surface area (Å²) < 4.78 is 0. The van der Waals surface area contributed by atoms with Gasteiger partial charge in [0.25, 0.3) is 0 Å².